The number of carbonyl (C=O) groups is 1. The minimum absolute atomic E-state index is 0.00289. The zero-order valence-corrected chi connectivity index (χ0v) is 21.9. The Kier molecular flexibility index (Phi) is 6.87. The van der Waals surface area contributed by atoms with E-state index in [0.29, 0.717) is 6.42 Å². The van der Waals surface area contributed by atoms with Crippen molar-refractivity contribution in [3.05, 3.63) is 97.5 Å². The minimum Gasteiger partial charge on any atom is -0.368 e. The van der Waals surface area contributed by atoms with Crippen molar-refractivity contribution in [2.45, 2.75) is 13.3 Å². The number of hydrogen-bond donors (Lipinski definition) is 1. The number of benzene rings is 3. The van der Waals surface area contributed by atoms with Crippen LogP contribution in [0.1, 0.15) is 13.3 Å². The molecule has 3 heterocycles. The van der Waals surface area contributed by atoms with Gasteiger partial charge in [-0.2, -0.15) is 0 Å². The summed E-state index contributed by atoms with van der Waals surface area (Å²) < 4.78 is 0. The van der Waals surface area contributed by atoms with Crippen LogP contribution >= 0.6 is 0 Å². The van der Waals surface area contributed by atoms with E-state index in [9.17, 15) is 4.79 Å². The summed E-state index contributed by atoms with van der Waals surface area (Å²) in [4.78, 5) is 30.6. The molecule has 3 aromatic carbocycles. The second-order valence-corrected chi connectivity index (χ2v) is 9.64. The van der Waals surface area contributed by atoms with Crippen LogP contribution in [-0.2, 0) is 4.79 Å². The lowest BCUT2D eigenvalue weighted by Crippen LogP contribution is -2.46. The van der Waals surface area contributed by atoms with Gasteiger partial charge in [0, 0.05) is 56.4 Å². The number of amides is 1. The van der Waals surface area contributed by atoms with Crippen LogP contribution in [0.2, 0.25) is 0 Å². The highest BCUT2D eigenvalue weighted by Gasteiger charge is 2.19. The summed E-state index contributed by atoms with van der Waals surface area (Å²) in [6.07, 6.45) is 6.00. The number of fused-ring (bicyclic) bond motifs is 1. The Balaban J connectivity index is 1.31. The summed E-state index contributed by atoms with van der Waals surface area (Å²) in [6.45, 7) is 5.46. The molecular weight excluding hydrogens is 484 g/mol. The van der Waals surface area contributed by atoms with Gasteiger partial charge in [-0.25, -0.2) is 4.98 Å². The van der Waals surface area contributed by atoms with Gasteiger partial charge in [-0.05, 0) is 58.7 Å². The van der Waals surface area contributed by atoms with Gasteiger partial charge in [0.1, 0.15) is 5.82 Å². The second-order valence-electron chi connectivity index (χ2n) is 9.64. The Hall–Kier alpha value is -4.78. The first-order valence-corrected chi connectivity index (χ1v) is 13.3. The maximum absolute atomic E-state index is 12.0. The second kappa shape index (κ2) is 10.9. The summed E-state index contributed by atoms with van der Waals surface area (Å²) in [5.41, 5.74) is 8.01. The normalized spacial score (nSPS) is 13.5. The van der Waals surface area contributed by atoms with E-state index in [2.05, 4.69) is 62.6 Å². The number of carbonyl (C=O) groups excluding carboxylic acids is 1. The summed E-state index contributed by atoms with van der Waals surface area (Å²) in [7, 11) is 0. The third-order valence-electron chi connectivity index (χ3n) is 7.18. The molecule has 7 nitrogen and oxygen atoms in total. The Labute approximate surface area is 228 Å². The van der Waals surface area contributed by atoms with Crippen molar-refractivity contribution < 1.29 is 4.79 Å². The molecular formula is C32H30N6O. The van der Waals surface area contributed by atoms with Crippen LogP contribution in [0.5, 0.6) is 0 Å². The molecule has 0 aliphatic carbocycles. The SMILES string of the molecule is CCC(=O)Nc1ccc(-c2ccc3ncc(N4CCN(c5ccncc5)CC4)nc3c2)c(-c2ccccc2)c1. The smallest absolute Gasteiger partial charge is 0.224 e. The number of pyridine rings is 1. The van der Waals surface area contributed by atoms with Gasteiger partial charge in [0.25, 0.3) is 0 Å². The molecule has 194 valence electrons. The molecule has 7 heteroatoms. The van der Waals surface area contributed by atoms with Crippen LogP contribution in [0.25, 0.3) is 33.3 Å². The van der Waals surface area contributed by atoms with Gasteiger partial charge in [0.05, 0.1) is 17.2 Å². The van der Waals surface area contributed by atoms with Crippen molar-refractivity contribution in [3.8, 4) is 22.3 Å². The topological polar surface area (TPSA) is 74.2 Å². The van der Waals surface area contributed by atoms with Gasteiger partial charge in [-0.3, -0.25) is 14.8 Å². The molecule has 5 aromatic rings. The van der Waals surface area contributed by atoms with E-state index in [0.717, 1.165) is 71.0 Å². The minimum atomic E-state index is -0.00289. The molecule has 0 saturated carbocycles. The first-order valence-electron chi connectivity index (χ1n) is 13.3. The maximum Gasteiger partial charge on any atom is 0.224 e. The highest BCUT2D eigenvalue weighted by atomic mass is 16.1. The van der Waals surface area contributed by atoms with E-state index >= 15 is 0 Å². The number of anilines is 3. The number of rotatable bonds is 6. The van der Waals surface area contributed by atoms with Crippen molar-refractivity contribution >= 4 is 34.1 Å². The third kappa shape index (κ3) is 5.29. The Morgan fingerprint density at radius 1 is 0.795 bits per heavy atom. The van der Waals surface area contributed by atoms with Crippen LogP contribution in [0, 0.1) is 0 Å². The fourth-order valence-electron chi connectivity index (χ4n) is 5.05. The lowest BCUT2D eigenvalue weighted by Gasteiger charge is -2.36. The fraction of sp³-hybridized carbons (Fsp3) is 0.188. The van der Waals surface area contributed by atoms with E-state index < -0.39 is 0 Å². The molecule has 1 amide bonds. The molecule has 0 atom stereocenters. The maximum atomic E-state index is 12.0. The summed E-state index contributed by atoms with van der Waals surface area (Å²) in [5.74, 6) is 0.895. The average molecular weight is 515 g/mol. The molecule has 0 radical (unpaired) electrons. The van der Waals surface area contributed by atoms with Gasteiger partial charge in [0.15, 0.2) is 0 Å². The highest BCUT2D eigenvalue weighted by Crippen LogP contribution is 2.35. The Morgan fingerprint density at radius 3 is 2.33 bits per heavy atom. The Bertz CT molecular complexity index is 1600. The predicted molar refractivity (Wildman–Crippen MR) is 158 cm³/mol. The lowest BCUT2D eigenvalue weighted by molar-refractivity contribution is -0.115. The number of nitrogens with one attached hydrogen (secondary N) is 1. The average Bonchev–Trinajstić information content (AvgIpc) is 3.01. The van der Waals surface area contributed by atoms with Crippen molar-refractivity contribution in [1.82, 2.24) is 15.0 Å². The van der Waals surface area contributed by atoms with Gasteiger partial charge in [-0.1, -0.05) is 49.4 Å². The van der Waals surface area contributed by atoms with E-state index in [1.54, 1.807) is 0 Å². The van der Waals surface area contributed by atoms with Crippen LogP contribution in [0.15, 0.2) is 97.5 Å². The van der Waals surface area contributed by atoms with E-state index in [1.807, 2.05) is 61.9 Å². The molecule has 1 aliphatic rings. The quantitative estimate of drug-likeness (QED) is 0.298. The zero-order chi connectivity index (χ0) is 26.6. The van der Waals surface area contributed by atoms with Gasteiger partial charge >= 0.3 is 0 Å². The van der Waals surface area contributed by atoms with Crippen LogP contribution in [-0.4, -0.2) is 47.0 Å². The van der Waals surface area contributed by atoms with Gasteiger partial charge in [-0.15, -0.1) is 0 Å². The molecule has 2 aromatic heterocycles. The van der Waals surface area contributed by atoms with Crippen molar-refractivity contribution in [2.75, 3.05) is 41.3 Å². The lowest BCUT2D eigenvalue weighted by atomic mass is 9.93. The fourth-order valence-corrected chi connectivity index (χ4v) is 5.05. The largest absolute Gasteiger partial charge is 0.368 e. The molecule has 1 fully saturated rings. The number of piperazine rings is 1. The molecule has 6 rings (SSSR count). The van der Waals surface area contributed by atoms with Crippen LogP contribution in [0.4, 0.5) is 17.2 Å². The van der Waals surface area contributed by atoms with Crippen molar-refractivity contribution in [3.63, 3.8) is 0 Å². The monoisotopic (exact) mass is 514 g/mol. The van der Waals surface area contributed by atoms with E-state index in [1.165, 1.54) is 5.69 Å². The molecule has 1 aliphatic heterocycles. The summed E-state index contributed by atoms with van der Waals surface area (Å²) in [5, 5.41) is 2.99. The molecule has 1 saturated heterocycles. The molecule has 0 spiro atoms. The van der Waals surface area contributed by atoms with E-state index in [4.69, 9.17) is 9.97 Å². The van der Waals surface area contributed by atoms with Gasteiger partial charge < -0.3 is 15.1 Å². The predicted octanol–water partition coefficient (Wildman–Crippen LogP) is 6.03. The molecule has 0 bridgehead atoms. The number of hydrogen-bond acceptors (Lipinski definition) is 6. The first kappa shape index (κ1) is 24.6. The first-order chi connectivity index (χ1) is 19.2. The highest BCUT2D eigenvalue weighted by molar-refractivity contribution is 5.94. The third-order valence-corrected chi connectivity index (χ3v) is 7.18. The van der Waals surface area contributed by atoms with Gasteiger partial charge in [0.2, 0.25) is 5.91 Å². The van der Waals surface area contributed by atoms with E-state index in [-0.39, 0.29) is 5.91 Å². The number of nitrogens with zero attached hydrogens (tertiary/aromatic N) is 5. The standard InChI is InChI=1S/C32H30N6O/c1-2-32(39)35-25-9-10-27(28(21-25)23-6-4-3-5-7-23)24-8-11-29-30(20-24)36-31(22-34-29)38-18-16-37(17-19-38)26-12-14-33-15-13-26/h3-15,20-22H,2,16-19H2,1H3,(H,35,39). The molecule has 0 unspecified atom stereocenters. The van der Waals surface area contributed by atoms with Crippen LogP contribution < -0.4 is 15.1 Å². The molecule has 39 heavy (non-hydrogen) atoms. The zero-order valence-electron chi connectivity index (χ0n) is 21.9. The van der Waals surface area contributed by atoms with Crippen LogP contribution in [0.3, 0.4) is 0 Å². The number of aromatic nitrogens is 3. The van der Waals surface area contributed by atoms with Crippen molar-refractivity contribution in [1.29, 1.82) is 0 Å². The Morgan fingerprint density at radius 2 is 1.56 bits per heavy atom. The van der Waals surface area contributed by atoms with Crippen molar-refractivity contribution in [2.24, 2.45) is 0 Å². The molecule has 1 N–H and O–H groups in total. The summed E-state index contributed by atoms with van der Waals surface area (Å²) in [6, 6.07) is 26.7. The summed E-state index contributed by atoms with van der Waals surface area (Å²) >= 11 is 0.